The van der Waals surface area contributed by atoms with Gasteiger partial charge in [0.25, 0.3) is 5.56 Å². The minimum atomic E-state index is -0.145. The zero-order valence-electron chi connectivity index (χ0n) is 19.0. The molecule has 0 bridgehead atoms. The first-order valence-electron chi connectivity index (χ1n) is 11.7. The van der Waals surface area contributed by atoms with Crippen molar-refractivity contribution < 1.29 is 9.84 Å². The van der Waals surface area contributed by atoms with Crippen molar-refractivity contribution >= 4 is 23.4 Å². The molecule has 3 heterocycles. The highest BCUT2D eigenvalue weighted by Gasteiger charge is 2.18. The third-order valence-corrected chi connectivity index (χ3v) is 6.74. The molecule has 0 radical (unpaired) electrons. The van der Waals surface area contributed by atoms with Gasteiger partial charge in [-0.25, -0.2) is 0 Å². The fourth-order valence-corrected chi connectivity index (χ4v) is 4.70. The normalized spacial score (nSPS) is 16.7. The van der Waals surface area contributed by atoms with Crippen LogP contribution in [0.25, 0.3) is 11.8 Å². The maximum Gasteiger partial charge on any atom is 0.258 e. The molecule has 5 rings (SSSR count). The summed E-state index contributed by atoms with van der Waals surface area (Å²) in [6.45, 7) is 3.09. The van der Waals surface area contributed by atoms with E-state index in [0.29, 0.717) is 10.8 Å². The van der Waals surface area contributed by atoms with Gasteiger partial charge in [-0.15, -0.1) is 0 Å². The van der Waals surface area contributed by atoms with Gasteiger partial charge in [-0.2, -0.15) is 0 Å². The molecule has 2 aliphatic rings. The first-order chi connectivity index (χ1) is 16.5. The van der Waals surface area contributed by atoms with Crippen LogP contribution in [0.1, 0.15) is 41.6 Å². The van der Waals surface area contributed by atoms with Crippen LogP contribution in [0, 0.1) is 0 Å². The minimum Gasteiger partial charge on any atom is -0.487 e. The second-order valence-corrected chi connectivity index (χ2v) is 9.44. The van der Waals surface area contributed by atoms with E-state index in [0.717, 1.165) is 56.7 Å². The zero-order chi connectivity index (χ0) is 23.5. The SMILES string of the molecule is O=c1cc(OCc2ccc(Cl)cn2)ccn1C1=Cc2ccc(CN3CCC(O)CC3)cc2CC1. The Labute approximate surface area is 204 Å². The van der Waals surface area contributed by atoms with Crippen LogP contribution in [0.2, 0.25) is 5.02 Å². The molecule has 2 aromatic heterocycles. The van der Waals surface area contributed by atoms with Gasteiger partial charge in [0.15, 0.2) is 0 Å². The highest BCUT2D eigenvalue weighted by Crippen LogP contribution is 2.28. The number of allylic oxidation sites excluding steroid dienone is 1. The molecule has 1 N–H and O–H groups in total. The smallest absolute Gasteiger partial charge is 0.258 e. The van der Waals surface area contributed by atoms with Crippen LogP contribution >= 0.6 is 11.6 Å². The zero-order valence-corrected chi connectivity index (χ0v) is 19.7. The van der Waals surface area contributed by atoms with Crippen molar-refractivity contribution in [2.24, 2.45) is 0 Å². The molecule has 3 aromatic rings. The van der Waals surface area contributed by atoms with Crippen LogP contribution in [-0.4, -0.2) is 38.8 Å². The van der Waals surface area contributed by atoms with Crippen LogP contribution < -0.4 is 10.3 Å². The lowest BCUT2D eigenvalue weighted by Gasteiger charge is -2.29. The Kier molecular flexibility index (Phi) is 6.81. The number of fused-ring (bicyclic) bond motifs is 1. The predicted octanol–water partition coefficient (Wildman–Crippen LogP) is 4.38. The van der Waals surface area contributed by atoms with Crippen LogP contribution in [0.3, 0.4) is 0 Å². The number of nitrogens with zero attached hydrogens (tertiary/aromatic N) is 3. The van der Waals surface area contributed by atoms with E-state index in [1.165, 1.54) is 22.8 Å². The Balaban J connectivity index is 1.26. The maximum atomic E-state index is 12.8. The molecule has 1 aliphatic heterocycles. The lowest BCUT2D eigenvalue weighted by molar-refractivity contribution is 0.0792. The molecular weight excluding hydrogens is 450 g/mol. The highest BCUT2D eigenvalue weighted by molar-refractivity contribution is 6.30. The molecule has 176 valence electrons. The lowest BCUT2D eigenvalue weighted by atomic mass is 9.93. The van der Waals surface area contributed by atoms with Crippen LogP contribution in [0.4, 0.5) is 0 Å². The molecule has 1 aliphatic carbocycles. The van der Waals surface area contributed by atoms with Crippen molar-refractivity contribution in [2.45, 2.75) is 44.9 Å². The van der Waals surface area contributed by atoms with Gasteiger partial charge in [0.05, 0.1) is 16.8 Å². The van der Waals surface area contributed by atoms with E-state index < -0.39 is 0 Å². The Bertz CT molecular complexity index is 1240. The van der Waals surface area contributed by atoms with E-state index in [-0.39, 0.29) is 18.3 Å². The maximum absolute atomic E-state index is 12.8. The summed E-state index contributed by atoms with van der Waals surface area (Å²) in [7, 11) is 0. The van der Waals surface area contributed by atoms with E-state index in [1.807, 2.05) is 6.07 Å². The Morgan fingerprint density at radius 3 is 2.71 bits per heavy atom. The van der Waals surface area contributed by atoms with Gasteiger partial charge in [-0.3, -0.25) is 19.2 Å². The molecule has 6 nitrogen and oxygen atoms in total. The summed E-state index contributed by atoms with van der Waals surface area (Å²) in [4.78, 5) is 19.4. The van der Waals surface area contributed by atoms with Gasteiger partial charge in [0, 0.05) is 43.8 Å². The summed E-state index contributed by atoms with van der Waals surface area (Å²) in [5.41, 5.74) is 5.42. The average molecular weight is 478 g/mol. The van der Waals surface area contributed by atoms with Crippen LogP contribution in [0.5, 0.6) is 5.75 Å². The van der Waals surface area contributed by atoms with Crippen molar-refractivity contribution in [3.05, 3.63) is 92.6 Å². The van der Waals surface area contributed by atoms with Crippen molar-refractivity contribution in [1.29, 1.82) is 0 Å². The van der Waals surface area contributed by atoms with Crippen molar-refractivity contribution in [3.8, 4) is 5.75 Å². The fraction of sp³-hybridized carbons (Fsp3) is 0.333. The number of rotatable bonds is 6. The number of aliphatic hydroxyl groups is 1. The third-order valence-electron chi connectivity index (χ3n) is 6.52. The van der Waals surface area contributed by atoms with E-state index in [1.54, 1.807) is 29.1 Å². The first kappa shape index (κ1) is 22.8. The van der Waals surface area contributed by atoms with E-state index in [9.17, 15) is 9.90 Å². The number of ether oxygens (including phenoxy) is 1. The molecule has 0 atom stereocenters. The van der Waals surface area contributed by atoms with Crippen LogP contribution in [0.15, 0.2) is 59.7 Å². The Morgan fingerprint density at radius 1 is 1.09 bits per heavy atom. The predicted molar refractivity (Wildman–Crippen MR) is 134 cm³/mol. The number of pyridine rings is 2. The van der Waals surface area contributed by atoms with Gasteiger partial charge in [-0.1, -0.05) is 29.8 Å². The minimum absolute atomic E-state index is 0.111. The summed E-state index contributed by atoms with van der Waals surface area (Å²) in [6, 6.07) is 13.5. The Hall–Kier alpha value is -2.93. The number of piperidine rings is 1. The van der Waals surface area contributed by atoms with Crippen LogP contribution in [-0.2, 0) is 19.6 Å². The Morgan fingerprint density at radius 2 is 1.94 bits per heavy atom. The molecule has 0 spiro atoms. The summed E-state index contributed by atoms with van der Waals surface area (Å²) in [5.74, 6) is 0.518. The molecule has 34 heavy (non-hydrogen) atoms. The largest absolute Gasteiger partial charge is 0.487 e. The monoisotopic (exact) mass is 477 g/mol. The van der Waals surface area contributed by atoms with Gasteiger partial charge in [0.1, 0.15) is 12.4 Å². The first-order valence-corrected chi connectivity index (χ1v) is 12.1. The van der Waals surface area contributed by atoms with Gasteiger partial charge in [0.2, 0.25) is 0 Å². The van der Waals surface area contributed by atoms with Crippen molar-refractivity contribution in [1.82, 2.24) is 14.5 Å². The molecule has 1 aromatic carbocycles. The number of hydrogen-bond acceptors (Lipinski definition) is 5. The summed E-state index contributed by atoms with van der Waals surface area (Å²) in [6.07, 6.45) is 8.74. The molecule has 1 fully saturated rings. The number of aryl methyl sites for hydroxylation is 1. The van der Waals surface area contributed by atoms with E-state index >= 15 is 0 Å². The summed E-state index contributed by atoms with van der Waals surface area (Å²) < 4.78 is 7.43. The highest BCUT2D eigenvalue weighted by atomic mass is 35.5. The second-order valence-electron chi connectivity index (χ2n) is 9.00. The molecule has 1 saturated heterocycles. The number of hydrogen-bond donors (Lipinski definition) is 1. The number of benzene rings is 1. The lowest BCUT2D eigenvalue weighted by Crippen LogP contribution is -2.35. The molecule has 0 amide bonds. The number of aromatic nitrogens is 2. The summed E-state index contributed by atoms with van der Waals surface area (Å²) >= 11 is 5.86. The van der Waals surface area contributed by atoms with Gasteiger partial charge < -0.3 is 9.84 Å². The van der Waals surface area contributed by atoms with E-state index in [2.05, 4.69) is 34.2 Å². The molecule has 7 heteroatoms. The molecule has 0 unspecified atom stereocenters. The van der Waals surface area contributed by atoms with Gasteiger partial charge >= 0.3 is 0 Å². The van der Waals surface area contributed by atoms with Crippen molar-refractivity contribution in [3.63, 3.8) is 0 Å². The summed E-state index contributed by atoms with van der Waals surface area (Å²) in [5, 5.41) is 10.3. The standard InChI is InChI=1S/C27H28ClN3O3/c28-22-4-5-23(29-16-22)18-34-26-9-12-31(27(33)15-26)24-6-3-20-13-19(1-2-21(20)14-24)17-30-10-7-25(32)8-11-30/h1-2,4-5,9,12-16,25,32H,3,6-8,10-11,17-18H2. The quantitative estimate of drug-likeness (QED) is 0.570. The molecule has 0 saturated carbocycles. The number of aliphatic hydroxyl groups excluding tert-OH is 1. The number of likely N-dealkylation sites (tertiary alicyclic amines) is 1. The van der Waals surface area contributed by atoms with E-state index in [4.69, 9.17) is 16.3 Å². The average Bonchev–Trinajstić information content (AvgIpc) is 2.85. The topological polar surface area (TPSA) is 67.6 Å². The number of halogens is 1. The van der Waals surface area contributed by atoms with Crippen molar-refractivity contribution in [2.75, 3.05) is 13.1 Å². The van der Waals surface area contributed by atoms with Gasteiger partial charge in [-0.05, 0) is 66.6 Å². The molecular formula is C27H28ClN3O3. The third kappa shape index (κ3) is 5.41. The second kappa shape index (κ2) is 10.1. The fourth-order valence-electron chi connectivity index (χ4n) is 4.59.